The number of carbonyl (C=O) groups is 2. The maximum Gasteiger partial charge on any atom is 0.242 e. The van der Waals surface area contributed by atoms with Gasteiger partial charge in [-0.25, -0.2) is 0 Å². The fourth-order valence-electron chi connectivity index (χ4n) is 2.62. The number of hydrogen-bond donors (Lipinski definition) is 0. The van der Waals surface area contributed by atoms with E-state index in [0.717, 1.165) is 24.8 Å². The molecule has 4 nitrogen and oxygen atoms in total. The second-order valence-electron chi connectivity index (χ2n) is 5.73. The standard InChI is InChI=1S/C17H24N2O2S/c1-18(12-14-7-6-8-15(11-14)22-2)17(21)13-19-10-5-3-4-9-16(19)20/h6-8,11H,3-5,9-10,12-13H2,1-2H3. The van der Waals surface area contributed by atoms with Crippen molar-refractivity contribution in [3.63, 3.8) is 0 Å². The molecule has 1 heterocycles. The van der Waals surface area contributed by atoms with Gasteiger partial charge in [0.25, 0.3) is 0 Å². The molecule has 2 amide bonds. The molecule has 1 saturated heterocycles. The number of benzene rings is 1. The Morgan fingerprint density at radius 1 is 1.32 bits per heavy atom. The molecule has 1 aliphatic rings. The van der Waals surface area contributed by atoms with Gasteiger partial charge >= 0.3 is 0 Å². The van der Waals surface area contributed by atoms with Crippen LogP contribution >= 0.6 is 11.8 Å². The molecule has 1 aliphatic heterocycles. The molecule has 0 radical (unpaired) electrons. The monoisotopic (exact) mass is 320 g/mol. The van der Waals surface area contributed by atoms with E-state index in [1.54, 1.807) is 28.6 Å². The maximum atomic E-state index is 12.4. The van der Waals surface area contributed by atoms with Crippen LogP contribution in [0.25, 0.3) is 0 Å². The number of rotatable bonds is 5. The first-order chi connectivity index (χ1) is 10.6. The summed E-state index contributed by atoms with van der Waals surface area (Å²) >= 11 is 1.69. The van der Waals surface area contributed by atoms with Gasteiger partial charge < -0.3 is 9.80 Å². The van der Waals surface area contributed by atoms with E-state index in [4.69, 9.17) is 0 Å². The van der Waals surface area contributed by atoms with Crippen molar-refractivity contribution in [1.82, 2.24) is 9.80 Å². The number of likely N-dealkylation sites (N-methyl/N-ethyl adjacent to an activating group) is 1. The Morgan fingerprint density at radius 3 is 2.91 bits per heavy atom. The summed E-state index contributed by atoms with van der Waals surface area (Å²) < 4.78 is 0. The van der Waals surface area contributed by atoms with Gasteiger partial charge in [-0.05, 0) is 36.8 Å². The molecular formula is C17H24N2O2S. The minimum atomic E-state index is 0.00445. The van der Waals surface area contributed by atoms with Gasteiger partial charge in [0.05, 0.1) is 6.54 Å². The fourth-order valence-corrected chi connectivity index (χ4v) is 3.11. The molecule has 0 N–H and O–H groups in total. The molecule has 0 bridgehead atoms. The highest BCUT2D eigenvalue weighted by Gasteiger charge is 2.21. The molecule has 0 aromatic heterocycles. The second kappa shape index (κ2) is 8.22. The zero-order chi connectivity index (χ0) is 15.9. The summed E-state index contributed by atoms with van der Waals surface area (Å²) in [5.41, 5.74) is 1.12. The highest BCUT2D eigenvalue weighted by atomic mass is 32.2. The lowest BCUT2D eigenvalue weighted by atomic mass is 10.2. The SMILES string of the molecule is CSc1cccc(CN(C)C(=O)CN2CCCCCC2=O)c1. The van der Waals surface area contributed by atoms with Crippen molar-refractivity contribution in [3.05, 3.63) is 29.8 Å². The van der Waals surface area contributed by atoms with Crippen LogP contribution in [0.5, 0.6) is 0 Å². The summed E-state index contributed by atoms with van der Waals surface area (Å²) in [4.78, 5) is 28.9. The summed E-state index contributed by atoms with van der Waals surface area (Å²) in [6.45, 7) is 1.49. The summed E-state index contributed by atoms with van der Waals surface area (Å²) in [6, 6.07) is 8.20. The molecule has 1 aromatic rings. The Bertz CT molecular complexity index is 533. The van der Waals surface area contributed by atoms with E-state index in [-0.39, 0.29) is 18.4 Å². The van der Waals surface area contributed by atoms with E-state index in [2.05, 4.69) is 12.1 Å². The summed E-state index contributed by atoms with van der Waals surface area (Å²) in [5.74, 6) is 0.119. The van der Waals surface area contributed by atoms with Gasteiger partial charge in [0.2, 0.25) is 11.8 Å². The van der Waals surface area contributed by atoms with Gasteiger partial charge in [-0.15, -0.1) is 11.8 Å². The van der Waals surface area contributed by atoms with Crippen molar-refractivity contribution >= 4 is 23.6 Å². The number of likely N-dealkylation sites (tertiary alicyclic amines) is 1. The van der Waals surface area contributed by atoms with Crippen LogP contribution < -0.4 is 0 Å². The number of thioether (sulfide) groups is 1. The van der Waals surface area contributed by atoms with Crippen LogP contribution in [-0.4, -0.2) is 48.0 Å². The zero-order valence-electron chi connectivity index (χ0n) is 13.4. The van der Waals surface area contributed by atoms with Crippen molar-refractivity contribution in [3.8, 4) is 0 Å². The summed E-state index contributed by atoms with van der Waals surface area (Å²) in [7, 11) is 1.80. The first-order valence-electron chi connectivity index (χ1n) is 7.75. The Morgan fingerprint density at radius 2 is 2.14 bits per heavy atom. The molecule has 120 valence electrons. The Balaban J connectivity index is 1.92. The van der Waals surface area contributed by atoms with Crippen LogP contribution in [0, 0.1) is 0 Å². The lowest BCUT2D eigenvalue weighted by molar-refractivity contribution is -0.139. The van der Waals surface area contributed by atoms with Crippen molar-refractivity contribution < 1.29 is 9.59 Å². The molecule has 0 atom stereocenters. The number of nitrogens with zero attached hydrogens (tertiary/aromatic N) is 2. The second-order valence-corrected chi connectivity index (χ2v) is 6.61. The minimum Gasteiger partial charge on any atom is -0.340 e. The molecule has 0 aliphatic carbocycles. The third-order valence-corrected chi connectivity index (χ3v) is 4.70. The maximum absolute atomic E-state index is 12.4. The first-order valence-corrected chi connectivity index (χ1v) is 8.97. The van der Waals surface area contributed by atoms with E-state index in [9.17, 15) is 9.59 Å². The molecular weight excluding hydrogens is 296 g/mol. The van der Waals surface area contributed by atoms with Gasteiger partial charge in [-0.1, -0.05) is 18.6 Å². The molecule has 5 heteroatoms. The van der Waals surface area contributed by atoms with E-state index >= 15 is 0 Å². The van der Waals surface area contributed by atoms with Crippen molar-refractivity contribution in [2.75, 3.05) is 26.4 Å². The van der Waals surface area contributed by atoms with Gasteiger partial charge in [0, 0.05) is 31.5 Å². The van der Waals surface area contributed by atoms with Crippen LogP contribution in [0.4, 0.5) is 0 Å². The Hall–Kier alpha value is -1.49. The normalized spacial score (nSPS) is 15.5. The van der Waals surface area contributed by atoms with E-state index in [1.807, 2.05) is 18.4 Å². The predicted octanol–water partition coefficient (Wildman–Crippen LogP) is 2.77. The smallest absolute Gasteiger partial charge is 0.242 e. The molecule has 0 spiro atoms. The van der Waals surface area contributed by atoms with Crippen LogP contribution in [0.2, 0.25) is 0 Å². The summed E-state index contributed by atoms with van der Waals surface area (Å²) in [5, 5.41) is 0. The number of amides is 2. The van der Waals surface area contributed by atoms with Crippen molar-refractivity contribution in [1.29, 1.82) is 0 Å². The Kier molecular flexibility index (Phi) is 6.31. The highest BCUT2D eigenvalue weighted by molar-refractivity contribution is 7.98. The molecule has 22 heavy (non-hydrogen) atoms. The van der Waals surface area contributed by atoms with Crippen LogP contribution in [0.3, 0.4) is 0 Å². The quantitative estimate of drug-likeness (QED) is 0.783. The fraction of sp³-hybridized carbons (Fsp3) is 0.529. The van der Waals surface area contributed by atoms with Crippen molar-refractivity contribution in [2.45, 2.75) is 37.1 Å². The molecule has 0 saturated carbocycles. The van der Waals surface area contributed by atoms with Gasteiger partial charge in [-0.3, -0.25) is 9.59 Å². The van der Waals surface area contributed by atoms with Crippen LogP contribution in [-0.2, 0) is 16.1 Å². The van der Waals surface area contributed by atoms with E-state index in [0.29, 0.717) is 19.5 Å². The average Bonchev–Trinajstić information content (AvgIpc) is 2.72. The van der Waals surface area contributed by atoms with Gasteiger partial charge in [-0.2, -0.15) is 0 Å². The average molecular weight is 320 g/mol. The third kappa shape index (κ3) is 4.77. The third-order valence-electron chi connectivity index (χ3n) is 3.98. The van der Waals surface area contributed by atoms with Gasteiger partial charge in [0.15, 0.2) is 0 Å². The van der Waals surface area contributed by atoms with Crippen molar-refractivity contribution in [2.24, 2.45) is 0 Å². The summed E-state index contributed by atoms with van der Waals surface area (Å²) in [6.07, 6.45) is 5.64. The lowest BCUT2D eigenvalue weighted by Gasteiger charge is -2.24. The van der Waals surface area contributed by atoms with Gasteiger partial charge in [0.1, 0.15) is 0 Å². The van der Waals surface area contributed by atoms with Crippen LogP contribution in [0.1, 0.15) is 31.2 Å². The number of hydrogen-bond acceptors (Lipinski definition) is 3. The minimum absolute atomic E-state index is 0.00445. The lowest BCUT2D eigenvalue weighted by Crippen LogP contribution is -2.41. The molecule has 2 rings (SSSR count). The highest BCUT2D eigenvalue weighted by Crippen LogP contribution is 2.17. The predicted molar refractivity (Wildman–Crippen MR) is 89.7 cm³/mol. The first kappa shape index (κ1) is 16.9. The molecule has 0 unspecified atom stereocenters. The zero-order valence-corrected chi connectivity index (χ0v) is 14.2. The Labute approximate surface area is 136 Å². The number of carbonyl (C=O) groups excluding carboxylic acids is 2. The largest absolute Gasteiger partial charge is 0.340 e. The topological polar surface area (TPSA) is 40.6 Å². The molecule has 1 aromatic carbocycles. The van der Waals surface area contributed by atoms with E-state index < -0.39 is 0 Å². The van der Waals surface area contributed by atoms with E-state index in [1.165, 1.54) is 4.90 Å². The molecule has 1 fully saturated rings. The van der Waals surface area contributed by atoms with Crippen LogP contribution in [0.15, 0.2) is 29.2 Å².